The number of nitrogens with zero attached hydrogens (tertiary/aromatic N) is 1. The number of hydrogen-bond donors (Lipinski definition) is 2. The fourth-order valence-corrected chi connectivity index (χ4v) is 1.89. The van der Waals surface area contributed by atoms with Crippen LogP contribution in [0.4, 0.5) is 0 Å². The zero-order valence-corrected chi connectivity index (χ0v) is 8.07. The van der Waals surface area contributed by atoms with E-state index in [9.17, 15) is 4.79 Å². The van der Waals surface area contributed by atoms with Crippen molar-refractivity contribution in [2.24, 2.45) is 17.6 Å². The fourth-order valence-electron chi connectivity index (χ4n) is 1.89. The molecule has 1 saturated heterocycles. The van der Waals surface area contributed by atoms with Crippen LogP contribution >= 0.6 is 0 Å². The van der Waals surface area contributed by atoms with Gasteiger partial charge in [-0.1, -0.05) is 6.92 Å². The third-order valence-electron chi connectivity index (χ3n) is 2.68. The Kier molecular flexibility index (Phi) is 3.69. The Labute approximate surface area is 78.7 Å². The van der Waals surface area contributed by atoms with Crippen molar-refractivity contribution < 1.29 is 9.90 Å². The third-order valence-corrected chi connectivity index (χ3v) is 2.68. The summed E-state index contributed by atoms with van der Waals surface area (Å²) in [4.78, 5) is 13.0. The SMILES string of the molecule is C[C@@H]1CN(CCCN)C[C@H]1C(=O)O. The molecule has 0 bridgehead atoms. The van der Waals surface area contributed by atoms with Crippen LogP contribution in [-0.4, -0.2) is 42.2 Å². The molecule has 0 aromatic rings. The molecule has 0 aromatic carbocycles. The highest BCUT2D eigenvalue weighted by molar-refractivity contribution is 5.71. The van der Waals surface area contributed by atoms with Crippen LogP contribution in [0, 0.1) is 11.8 Å². The van der Waals surface area contributed by atoms with E-state index in [4.69, 9.17) is 10.8 Å². The van der Waals surface area contributed by atoms with Crippen LogP contribution < -0.4 is 5.73 Å². The van der Waals surface area contributed by atoms with Crippen molar-refractivity contribution in [1.82, 2.24) is 4.90 Å². The van der Waals surface area contributed by atoms with Crippen LogP contribution in [0.15, 0.2) is 0 Å². The lowest BCUT2D eigenvalue weighted by Gasteiger charge is -2.13. The van der Waals surface area contributed by atoms with Gasteiger partial charge in [-0.15, -0.1) is 0 Å². The number of aliphatic carboxylic acids is 1. The second-order valence-electron chi connectivity index (χ2n) is 3.82. The van der Waals surface area contributed by atoms with E-state index < -0.39 is 5.97 Å². The molecule has 1 aliphatic heterocycles. The van der Waals surface area contributed by atoms with Crippen molar-refractivity contribution in [3.05, 3.63) is 0 Å². The molecule has 0 spiro atoms. The quantitative estimate of drug-likeness (QED) is 0.648. The van der Waals surface area contributed by atoms with Crippen molar-refractivity contribution in [1.29, 1.82) is 0 Å². The summed E-state index contributed by atoms with van der Waals surface area (Å²) in [6.07, 6.45) is 0.957. The minimum absolute atomic E-state index is 0.183. The summed E-state index contributed by atoms with van der Waals surface area (Å²) in [6, 6.07) is 0. The molecule has 0 aliphatic carbocycles. The average Bonchev–Trinajstić information content (AvgIpc) is 2.43. The second kappa shape index (κ2) is 4.58. The van der Waals surface area contributed by atoms with Gasteiger partial charge in [0.15, 0.2) is 0 Å². The van der Waals surface area contributed by atoms with Gasteiger partial charge in [0.2, 0.25) is 0 Å². The minimum Gasteiger partial charge on any atom is -0.481 e. The predicted octanol–water partition coefficient (Wildman–Crippen LogP) is -0.0123. The molecule has 1 fully saturated rings. The van der Waals surface area contributed by atoms with Crippen LogP contribution in [-0.2, 0) is 4.79 Å². The lowest BCUT2D eigenvalue weighted by atomic mass is 9.99. The molecule has 1 rings (SSSR count). The molecule has 1 heterocycles. The molecule has 1 aliphatic rings. The van der Waals surface area contributed by atoms with E-state index in [-0.39, 0.29) is 11.8 Å². The Morgan fingerprint density at radius 3 is 2.77 bits per heavy atom. The first kappa shape index (κ1) is 10.5. The third kappa shape index (κ3) is 2.67. The zero-order valence-electron chi connectivity index (χ0n) is 8.07. The number of rotatable bonds is 4. The van der Waals surface area contributed by atoms with Crippen molar-refractivity contribution in [3.8, 4) is 0 Å². The lowest BCUT2D eigenvalue weighted by Crippen LogP contribution is -2.25. The van der Waals surface area contributed by atoms with Crippen molar-refractivity contribution in [2.45, 2.75) is 13.3 Å². The van der Waals surface area contributed by atoms with Gasteiger partial charge in [-0.25, -0.2) is 0 Å². The molecule has 13 heavy (non-hydrogen) atoms. The molecule has 3 N–H and O–H groups in total. The van der Waals surface area contributed by atoms with Crippen molar-refractivity contribution in [2.75, 3.05) is 26.2 Å². The van der Waals surface area contributed by atoms with Crippen LogP contribution in [0.1, 0.15) is 13.3 Å². The number of carboxylic acids is 1. The highest BCUT2D eigenvalue weighted by Gasteiger charge is 2.33. The van der Waals surface area contributed by atoms with Gasteiger partial charge in [0.05, 0.1) is 5.92 Å². The van der Waals surface area contributed by atoms with Crippen LogP contribution in [0.5, 0.6) is 0 Å². The minimum atomic E-state index is -0.664. The fraction of sp³-hybridized carbons (Fsp3) is 0.889. The Morgan fingerprint density at radius 2 is 2.31 bits per heavy atom. The zero-order chi connectivity index (χ0) is 9.84. The number of hydrogen-bond acceptors (Lipinski definition) is 3. The molecular formula is C9H18N2O2. The van der Waals surface area contributed by atoms with Crippen molar-refractivity contribution in [3.63, 3.8) is 0 Å². The van der Waals surface area contributed by atoms with Crippen LogP contribution in [0.2, 0.25) is 0 Å². The summed E-state index contributed by atoms with van der Waals surface area (Å²) >= 11 is 0. The van der Waals surface area contributed by atoms with E-state index in [2.05, 4.69) is 4.90 Å². The van der Waals surface area contributed by atoms with Gasteiger partial charge in [-0.2, -0.15) is 0 Å². The molecular weight excluding hydrogens is 168 g/mol. The highest BCUT2D eigenvalue weighted by atomic mass is 16.4. The lowest BCUT2D eigenvalue weighted by molar-refractivity contribution is -0.142. The first-order valence-corrected chi connectivity index (χ1v) is 4.80. The molecule has 76 valence electrons. The number of likely N-dealkylation sites (tertiary alicyclic amines) is 1. The first-order chi connectivity index (χ1) is 6.15. The van der Waals surface area contributed by atoms with E-state index >= 15 is 0 Å². The maximum Gasteiger partial charge on any atom is 0.308 e. The van der Waals surface area contributed by atoms with E-state index in [0.29, 0.717) is 13.1 Å². The summed E-state index contributed by atoms with van der Waals surface area (Å²) < 4.78 is 0. The number of carbonyl (C=O) groups is 1. The summed E-state index contributed by atoms with van der Waals surface area (Å²) in [6.45, 7) is 5.21. The Morgan fingerprint density at radius 1 is 1.62 bits per heavy atom. The molecule has 0 aromatic heterocycles. The second-order valence-corrected chi connectivity index (χ2v) is 3.82. The molecule has 0 radical (unpaired) electrons. The van der Waals surface area contributed by atoms with Gasteiger partial charge in [0.1, 0.15) is 0 Å². The number of nitrogens with two attached hydrogens (primary N) is 1. The molecule has 0 amide bonds. The Hall–Kier alpha value is -0.610. The molecule has 2 atom stereocenters. The van der Waals surface area contributed by atoms with Gasteiger partial charge in [-0.05, 0) is 25.4 Å². The summed E-state index contributed by atoms with van der Waals surface area (Å²) in [5.74, 6) is -0.573. The van der Waals surface area contributed by atoms with E-state index in [0.717, 1.165) is 19.5 Å². The molecule has 4 nitrogen and oxygen atoms in total. The maximum absolute atomic E-state index is 10.8. The summed E-state index contributed by atoms with van der Waals surface area (Å²) in [5.41, 5.74) is 5.39. The monoisotopic (exact) mass is 186 g/mol. The van der Waals surface area contributed by atoms with Gasteiger partial charge < -0.3 is 15.7 Å². The van der Waals surface area contributed by atoms with E-state index in [1.54, 1.807) is 0 Å². The van der Waals surface area contributed by atoms with Gasteiger partial charge in [0, 0.05) is 13.1 Å². The average molecular weight is 186 g/mol. The number of carboxylic acid groups (broad SMARTS) is 1. The maximum atomic E-state index is 10.8. The first-order valence-electron chi connectivity index (χ1n) is 4.80. The molecule has 0 unspecified atom stereocenters. The van der Waals surface area contributed by atoms with Crippen molar-refractivity contribution >= 4 is 5.97 Å². The van der Waals surface area contributed by atoms with Gasteiger partial charge in [0.25, 0.3) is 0 Å². The molecule has 0 saturated carbocycles. The summed E-state index contributed by atoms with van der Waals surface area (Å²) in [7, 11) is 0. The summed E-state index contributed by atoms with van der Waals surface area (Å²) in [5, 5.41) is 8.88. The van der Waals surface area contributed by atoms with Gasteiger partial charge in [-0.3, -0.25) is 4.79 Å². The predicted molar refractivity (Wildman–Crippen MR) is 50.4 cm³/mol. The van der Waals surface area contributed by atoms with E-state index in [1.807, 2.05) is 6.92 Å². The Bertz CT molecular complexity index is 184. The topological polar surface area (TPSA) is 66.6 Å². The smallest absolute Gasteiger partial charge is 0.308 e. The molecule has 4 heteroatoms. The van der Waals surface area contributed by atoms with Crippen LogP contribution in [0.25, 0.3) is 0 Å². The standard InChI is InChI=1S/C9H18N2O2/c1-7-5-11(4-2-3-10)6-8(7)9(12)13/h7-8H,2-6,10H2,1H3,(H,12,13)/t7-,8-/m1/s1. The largest absolute Gasteiger partial charge is 0.481 e. The highest BCUT2D eigenvalue weighted by Crippen LogP contribution is 2.22. The van der Waals surface area contributed by atoms with E-state index in [1.165, 1.54) is 0 Å². The van der Waals surface area contributed by atoms with Crippen LogP contribution in [0.3, 0.4) is 0 Å². The Balaban J connectivity index is 2.36. The van der Waals surface area contributed by atoms with Gasteiger partial charge >= 0.3 is 5.97 Å². The normalized spacial score (nSPS) is 29.4.